The van der Waals surface area contributed by atoms with Crippen molar-refractivity contribution < 1.29 is 22.7 Å². The third-order valence-electron chi connectivity index (χ3n) is 4.29. The van der Waals surface area contributed by atoms with E-state index in [2.05, 4.69) is 10.1 Å². The van der Waals surface area contributed by atoms with Gasteiger partial charge in [-0.3, -0.25) is 4.79 Å². The summed E-state index contributed by atoms with van der Waals surface area (Å²) in [6.45, 7) is -1.43. The molecule has 1 aliphatic carbocycles. The zero-order valence-electron chi connectivity index (χ0n) is 14.1. The first-order valence-corrected chi connectivity index (χ1v) is 8.51. The number of hydrogen-bond donors (Lipinski definition) is 1. The molecule has 138 valence electrons. The van der Waals surface area contributed by atoms with Crippen molar-refractivity contribution >= 4 is 5.91 Å². The lowest BCUT2D eigenvalue weighted by molar-refractivity contribution is -0.176. The molecule has 3 rings (SSSR count). The number of carbonyl (C=O) groups is 1. The summed E-state index contributed by atoms with van der Waals surface area (Å²) in [6.07, 6.45) is -2.15. The van der Waals surface area contributed by atoms with Crippen LogP contribution in [0.2, 0.25) is 0 Å². The highest BCUT2D eigenvalue weighted by Crippen LogP contribution is 2.41. The van der Waals surface area contributed by atoms with Crippen LogP contribution in [0.4, 0.5) is 13.2 Å². The van der Waals surface area contributed by atoms with E-state index in [4.69, 9.17) is 0 Å². The van der Waals surface area contributed by atoms with Gasteiger partial charge in [-0.25, -0.2) is 0 Å². The van der Waals surface area contributed by atoms with Crippen molar-refractivity contribution in [3.05, 3.63) is 71.3 Å². The van der Waals surface area contributed by atoms with Gasteiger partial charge in [0.1, 0.15) is 6.61 Å². The summed E-state index contributed by atoms with van der Waals surface area (Å²) in [7, 11) is 0. The molecular formula is C20H20F3NO2. The first-order valence-electron chi connectivity index (χ1n) is 8.51. The van der Waals surface area contributed by atoms with Crippen LogP contribution in [0.5, 0.6) is 0 Å². The highest BCUT2D eigenvalue weighted by molar-refractivity contribution is 5.94. The molecule has 0 aromatic heterocycles. The van der Waals surface area contributed by atoms with Crippen molar-refractivity contribution in [2.24, 2.45) is 5.92 Å². The standard InChI is InChI=1S/C20H20F3NO2/c21-20(22,23)13-26-12-14-6-8-17(9-7-14)19(25)24-18(16-10-11-16)15-4-2-1-3-5-15/h1-9,16,18H,10-13H2,(H,24,25). The zero-order valence-corrected chi connectivity index (χ0v) is 14.1. The van der Waals surface area contributed by atoms with Gasteiger partial charge >= 0.3 is 6.18 Å². The smallest absolute Gasteiger partial charge is 0.367 e. The van der Waals surface area contributed by atoms with Gasteiger partial charge < -0.3 is 10.1 Å². The van der Waals surface area contributed by atoms with E-state index in [9.17, 15) is 18.0 Å². The highest BCUT2D eigenvalue weighted by Gasteiger charge is 2.33. The fourth-order valence-corrected chi connectivity index (χ4v) is 2.82. The van der Waals surface area contributed by atoms with E-state index < -0.39 is 12.8 Å². The Hall–Kier alpha value is -2.34. The molecule has 0 radical (unpaired) electrons. The Morgan fingerprint density at radius 3 is 2.31 bits per heavy atom. The first-order chi connectivity index (χ1) is 12.4. The molecule has 0 saturated heterocycles. The summed E-state index contributed by atoms with van der Waals surface area (Å²) in [6, 6.07) is 16.3. The van der Waals surface area contributed by atoms with E-state index in [1.807, 2.05) is 30.3 Å². The second kappa shape index (κ2) is 7.91. The molecule has 1 N–H and O–H groups in total. The second-order valence-corrected chi connectivity index (χ2v) is 6.50. The fraction of sp³-hybridized carbons (Fsp3) is 0.350. The minimum absolute atomic E-state index is 0.0153. The van der Waals surface area contributed by atoms with Crippen LogP contribution < -0.4 is 5.32 Å². The van der Waals surface area contributed by atoms with Crippen molar-refractivity contribution in [3.8, 4) is 0 Å². The molecule has 6 heteroatoms. The van der Waals surface area contributed by atoms with E-state index in [1.165, 1.54) is 0 Å². The van der Waals surface area contributed by atoms with Crippen LogP contribution in [0.3, 0.4) is 0 Å². The summed E-state index contributed by atoms with van der Waals surface area (Å²) in [5.41, 5.74) is 2.15. The summed E-state index contributed by atoms with van der Waals surface area (Å²) in [5, 5.41) is 3.08. The van der Waals surface area contributed by atoms with Crippen LogP contribution in [0, 0.1) is 5.92 Å². The van der Waals surface area contributed by atoms with Crippen LogP contribution in [0.1, 0.15) is 40.4 Å². The van der Waals surface area contributed by atoms with Crippen LogP contribution in [0.25, 0.3) is 0 Å². The highest BCUT2D eigenvalue weighted by atomic mass is 19.4. The van der Waals surface area contributed by atoms with Crippen LogP contribution in [-0.2, 0) is 11.3 Å². The van der Waals surface area contributed by atoms with Crippen molar-refractivity contribution in [2.75, 3.05) is 6.61 Å². The van der Waals surface area contributed by atoms with E-state index >= 15 is 0 Å². The summed E-state index contributed by atoms with van der Waals surface area (Å²) >= 11 is 0. The van der Waals surface area contributed by atoms with Gasteiger partial charge in [-0.05, 0) is 42.0 Å². The van der Waals surface area contributed by atoms with Gasteiger partial charge in [-0.15, -0.1) is 0 Å². The molecule has 1 fully saturated rings. The molecule has 1 aliphatic rings. The summed E-state index contributed by atoms with van der Waals surface area (Å²) in [5.74, 6) is 0.268. The monoisotopic (exact) mass is 363 g/mol. The number of alkyl halides is 3. The van der Waals surface area contributed by atoms with Crippen molar-refractivity contribution in [1.29, 1.82) is 0 Å². The van der Waals surface area contributed by atoms with Gasteiger partial charge in [-0.1, -0.05) is 42.5 Å². The number of ether oxygens (including phenoxy) is 1. The van der Waals surface area contributed by atoms with Crippen molar-refractivity contribution in [1.82, 2.24) is 5.32 Å². The Bertz CT molecular complexity index is 725. The lowest BCUT2D eigenvalue weighted by Crippen LogP contribution is -2.29. The maximum absolute atomic E-state index is 12.5. The van der Waals surface area contributed by atoms with Gasteiger partial charge in [0.15, 0.2) is 0 Å². The summed E-state index contributed by atoms with van der Waals surface area (Å²) in [4.78, 5) is 12.5. The molecule has 1 atom stereocenters. The minimum atomic E-state index is -4.34. The molecule has 0 spiro atoms. The predicted molar refractivity (Wildman–Crippen MR) is 91.5 cm³/mol. The number of carbonyl (C=O) groups excluding carboxylic acids is 1. The zero-order chi connectivity index (χ0) is 18.6. The molecule has 0 bridgehead atoms. The molecule has 1 saturated carbocycles. The SMILES string of the molecule is O=C(NC(c1ccccc1)C1CC1)c1ccc(COCC(F)(F)F)cc1. The van der Waals surface area contributed by atoms with Crippen molar-refractivity contribution in [3.63, 3.8) is 0 Å². The van der Waals surface area contributed by atoms with E-state index in [0.29, 0.717) is 17.0 Å². The normalized spacial score (nSPS) is 15.5. The fourth-order valence-electron chi connectivity index (χ4n) is 2.82. The Morgan fingerprint density at radius 2 is 1.73 bits per heavy atom. The molecule has 2 aromatic rings. The first kappa shape index (κ1) is 18.5. The van der Waals surface area contributed by atoms with Crippen LogP contribution >= 0.6 is 0 Å². The molecular weight excluding hydrogens is 343 g/mol. The Morgan fingerprint density at radius 1 is 1.08 bits per heavy atom. The molecule has 0 aliphatic heterocycles. The Kier molecular flexibility index (Phi) is 5.61. The Balaban J connectivity index is 1.59. The van der Waals surface area contributed by atoms with Gasteiger partial charge in [-0.2, -0.15) is 13.2 Å². The quantitative estimate of drug-likeness (QED) is 0.778. The lowest BCUT2D eigenvalue weighted by atomic mass is 10.0. The third kappa shape index (κ3) is 5.33. The molecule has 1 amide bonds. The molecule has 3 nitrogen and oxygen atoms in total. The minimum Gasteiger partial charge on any atom is -0.367 e. The number of nitrogens with one attached hydrogen (secondary N) is 1. The largest absolute Gasteiger partial charge is 0.411 e. The van der Waals surface area contributed by atoms with Gasteiger partial charge in [0, 0.05) is 5.56 Å². The third-order valence-corrected chi connectivity index (χ3v) is 4.29. The maximum atomic E-state index is 12.5. The molecule has 0 heterocycles. The number of rotatable bonds is 7. The van der Waals surface area contributed by atoms with Crippen LogP contribution in [0.15, 0.2) is 54.6 Å². The Labute approximate surface area is 150 Å². The second-order valence-electron chi connectivity index (χ2n) is 6.50. The number of benzene rings is 2. The molecule has 26 heavy (non-hydrogen) atoms. The van der Waals surface area contributed by atoms with Crippen molar-refractivity contribution in [2.45, 2.75) is 31.7 Å². The average molecular weight is 363 g/mol. The van der Waals surface area contributed by atoms with Gasteiger partial charge in [0.05, 0.1) is 12.6 Å². The van der Waals surface area contributed by atoms with Gasteiger partial charge in [0.2, 0.25) is 0 Å². The van der Waals surface area contributed by atoms with Crippen LogP contribution in [-0.4, -0.2) is 18.7 Å². The number of hydrogen-bond acceptors (Lipinski definition) is 2. The molecule has 1 unspecified atom stereocenters. The summed E-state index contributed by atoms with van der Waals surface area (Å²) < 4.78 is 40.9. The number of amides is 1. The van der Waals surface area contributed by atoms with Gasteiger partial charge in [0.25, 0.3) is 5.91 Å². The average Bonchev–Trinajstić information content (AvgIpc) is 3.45. The maximum Gasteiger partial charge on any atom is 0.411 e. The molecule has 2 aromatic carbocycles. The lowest BCUT2D eigenvalue weighted by Gasteiger charge is -2.19. The topological polar surface area (TPSA) is 38.3 Å². The van der Waals surface area contributed by atoms with E-state index in [-0.39, 0.29) is 18.6 Å². The predicted octanol–water partition coefficient (Wildman–Crippen LogP) is 4.65. The van der Waals surface area contributed by atoms with E-state index in [1.54, 1.807) is 24.3 Å². The van der Waals surface area contributed by atoms with E-state index in [0.717, 1.165) is 18.4 Å². The number of halogens is 3.